The van der Waals surface area contributed by atoms with Crippen LogP contribution in [0.2, 0.25) is 0 Å². The minimum atomic E-state index is -1.16. The fraction of sp³-hybridized carbons (Fsp3) is 0.935. The van der Waals surface area contributed by atoms with Crippen molar-refractivity contribution in [1.82, 2.24) is 0 Å². The quantitative estimate of drug-likeness (QED) is 0.391. The fourth-order valence-electron chi connectivity index (χ4n) is 9.92. The Morgan fingerprint density at radius 2 is 1.61 bits per heavy atom. The summed E-state index contributed by atoms with van der Waals surface area (Å²) in [5.74, 6) is 3.15. The molecule has 0 spiro atoms. The van der Waals surface area contributed by atoms with E-state index in [0.29, 0.717) is 29.6 Å². The van der Waals surface area contributed by atoms with Gasteiger partial charge in [-0.15, -0.1) is 0 Å². The Morgan fingerprint density at radius 1 is 0.917 bits per heavy atom. The predicted octanol–water partition coefficient (Wildman–Crippen LogP) is 6.70. The van der Waals surface area contributed by atoms with Crippen LogP contribution in [0.1, 0.15) is 119 Å². The SMILES string of the molecule is CC(=O)O[C@H]1CC[C@]2(C)[C@H]3CC[C@@]4(C)[C@H](CC[C@@H]4[C@H](C)CCCC(C)C)[C@@H]3C[C@@H](OC(C)=O)[C@@]2(O)C1. The zero-order valence-electron chi connectivity index (χ0n) is 24.0. The van der Waals surface area contributed by atoms with Gasteiger partial charge in [-0.3, -0.25) is 9.59 Å². The molecule has 10 atom stereocenters. The zero-order valence-corrected chi connectivity index (χ0v) is 24.0. The minimum absolute atomic E-state index is 0.308. The maximum Gasteiger partial charge on any atom is 0.303 e. The molecule has 5 heteroatoms. The smallest absolute Gasteiger partial charge is 0.303 e. The first-order valence-electron chi connectivity index (χ1n) is 14.9. The van der Waals surface area contributed by atoms with Crippen LogP contribution in [-0.2, 0) is 19.1 Å². The molecule has 0 amide bonds. The van der Waals surface area contributed by atoms with Crippen LogP contribution in [-0.4, -0.2) is 34.9 Å². The Kier molecular flexibility index (Phi) is 7.93. The first-order valence-corrected chi connectivity index (χ1v) is 14.9. The van der Waals surface area contributed by atoms with Crippen LogP contribution in [0.4, 0.5) is 0 Å². The summed E-state index contributed by atoms with van der Waals surface area (Å²) < 4.78 is 11.5. The van der Waals surface area contributed by atoms with Gasteiger partial charge in [0.1, 0.15) is 17.8 Å². The number of hydrogen-bond donors (Lipinski definition) is 1. The Morgan fingerprint density at radius 3 is 2.25 bits per heavy atom. The lowest BCUT2D eigenvalue weighted by atomic mass is 9.42. The van der Waals surface area contributed by atoms with Crippen LogP contribution in [0, 0.1) is 46.3 Å². The molecule has 1 N–H and O–H groups in total. The summed E-state index contributed by atoms with van der Waals surface area (Å²) >= 11 is 0. The summed E-state index contributed by atoms with van der Waals surface area (Å²) in [7, 11) is 0. The molecule has 0 heterocycles. The molecular formula is C31H52O5. The molecule has 4 aliphatic rings. The Balaban J connectivity index is 1.59. The van der Waals surface area contributed by atoms with Crippen molar-refractivity contribution in [3.8, 4) is 0 Å². The number of rotatable bonds is 7. The lowest BCUT2D eigenvalue weighted by Gasteiger charge is -2.65. The molecule has 0 radical (unpaired) electrons. The normalized spacial score (nSPS) is 44.8. The fourth-order valence-corrected chi connectivity index (χ4v) is 9.92. The van der Waals surface area contributed by atoms with Crippen molar-refractivity contribution in [2.24, 2.45) is 46.3 Å². The molecule has 0 saturated heterocycles. The minimum Gasteiger partial charge on any atom is -0.462 e. The standard InChI is InChI=1S/C31H52O5/c1-19(2)9-8-10-20(3)25-11-12-26-24-17-28(36-22(5)33)31(34)18-23(35-21(4)32)13-16-30(31,7)27(24)14-15-29(25,26)6/h19-20,23-28,34H,8-18H2,1-7H3/t20-,23+,24+,25-,26-,27+,28-,29-,30-,31+/m1/s1. The molecule has 0 aliphatic heterocycles. The highest BCUT2D eigenvalue weighted by atomic mass is 16.6. The molecule has 4 fully saturated rings. The Labute approximate surface area is 219 Å². The molecular weight excluding hydrogens is 452 g/mol. The van der Waals surface area contributed by atoms with E-state index in [9.17, 15) is 14.7 Å². The molecule has 0 aromatic heterocycles. The Hall–Kier alpha value is -1.10. The van der Waals surface area contributed by atoms with E-state index in [4.69, 9.17) is 9.47 Å². The van der Waals surface area contributed by atoms with Gasteiger partial charge in [-0.05, 0) is 85.9 Å². The van der Waals surface area contributed by atoms with E-state index in [-0.39, 0.29) is 23.5 Å². The van der Waals surface area contributed by atoms with Crippen LogP contribution in [0.3, 0.4) is 0 Å². The van der Waals surface area contributed by atoms with Crippen molar-refractivity contribution in [2.45, 2.75) is 137 Å². The molecule has 0 aromatic rings. The molecule has 5 nitrogen and oxygen atoms in total. The monoisotopic (exact) mass is 504 g/mol. The van der Waals surface area contributed by atoms with Gasteiger partial charge in [0, 0.05) is 25.7 Å². The predicted molar refractivity (Wildman–Crippen MR) is 141 cm³/mol. The van der Waals surface area contributed by atoms with E-state index in [1.807, 2.05) is 0 Å². The van der Waals surface area contributed by atoms with Crippen molar-refractivity contribution in [3.05, 3.63) is 0 Å². The number of fused-ring (bicyclic) bond motifs is 5. The maximum atomic E-state index is 12.3. The second-order valence-electron chi connectivity index (χ2n) is 14.1. The molecule has 0 aromatic carbocycles. The van der Waals surface area contributed by atoms with Crippen LogP contribution >= 0.6 is 0 Å². The molecule has 0 unspecified atom stereocenters. The summed E-state index contributed by atoms with van der Waals surface area (Å²) in [6.07, 6.45) is 10.7. The third kappa shape index (κ3) is 4.76. The average molecular weight is 505 g/mol. The van der Waals surface area contributed by atoms with Gasteiger partial charge in [-0.25, -0.2) is 0 Å². The van der Waals surface area contributed by atoms with E-state index in [0.717, 1.165) is 43.4 Å². The highest BCUT2D eigenvalue weighted by molar-refractivity contribution is 5.66. The van der Waals surface area contributed by atoms with E-state index < -0.39 is 11.7 Å². The third-order valence-electron chi connectivity index (χ3n) is 11.6. The average Bonchev–Trinajstić information content (AvgIpc) is 3.12. The summed E-state index contributed by atoms with van der Waals surface area (Å²) in [6.45, 7) is 14.8. The first-order chi connectivity index (χ1) is 16.8. The number of carbonyl (C=O) groups excluding carboxylic acids is 2. The van der Waals surface area contributed by atoms with Crippen LogP contribution in [0.15, 0.2) is 0 Å². The van der Waals surface area contributed by atoms with Crippen molar-refractivity contribution >= 4 is 11.9 Å². The summed E-state index contributed by atoms with van der Waals surface area (Å²) in [4.78, 5) is 23.9. The third-order valence-corrected chi connectivity index (χ3v) is 11.6. The molecule has 4 saturated carbocycles. The molecule has 0 bridgehead atoms. The van der Waals surface area contributed by atoms with Gasteiger partial charge in [-0.2, -0.15) is 0 Å². The number of ether oxygens (including phenoxy) is 2. The lowest BCUT2D eigenvalue weighted by Crippen LogP contribution is -2.69. The van der Waals surface area contributed by atoms with Gasteiger partial charge < -0.3 is 14.6 Å². The number of carbonyl (C=O) groups is 2. The summed E-state index contributed by atoms with van der Waals surface area (Å²) in [5.41, 5.74) is -1.16. The van der Waals surface area contributed by atoms with Crippen molar-refractivity contribution < 1.29 is 24.2 Å². The number of esters is 2. The second-order valence-corrected chi connectivity index (χ2v) is 14.1. The summed E-state index contributed by atoms with van der Waals surface area (Å²) in [5, 5.41) is 12.3. The molecule has 4 aliphatic carbocycles. The second kappa shape index (κ2) is 10.2. The summed E-state index contributed by atoms with van der Waals surface area (Å²) in [6, 6.07) is 0. The van der Waals surface area contributed by atoms with E-state index >= 15 is 0 Å². The first kappa shape index (κ1) is 27.9. The number of hydrogen-bond acceptors (Lipinski definition) is 5. The van der Waals surface area contributed by atoms with Crippen LogP contribution in [0.5, 0.6) is 0 Å². The van der Waals surface area contributed by atoms with Crippen molar-refractivity contribution in [2.75, 3.05) is 0 Å². The molecule has 206 valence electrons. The maximum absolute atomic E-state index is 12.3. The highest BCUT2D eigenvalue weighted by Gasteiger charge is 2.68. The van der Waals surface area contributed by atoms with Gasteiger partial charge in [0.15, 0.2) is 0 Å². The van der Waals surface area contributed by atoms with Gasteiger partial charge in [0.05, 0.1) is 0 Å². The van der Waals surface area contributed by atoms with Crippen LogP contribution < -0.4 is 0 Å². The lowest BCUT2D eigenvalue weighted by molar-refractivity contribution is -0.271. The van der Waals surface area contributed by atoms with Crippen molar-refractivity contribution in [1.29, 1.82) is 0 Å². The van der Waals surface area contributed by atoms with Gasteiger partial charge in [-0.1, -0.05) is 53.9 Å². The number of aliphatic hydroxyl groups is 1. The van der Waals surface area contributed by atoms with Crippen molar-refractivity contribution in [3.63, 3.8) is 0 Å². The largest absolute Gasteiger partial charge is 0.462 e. The van der Waals surface area contributed by atoms with E-state index in [1.165, 1.54) is 52.4 Å². The van der Waals surface area contributed by atoms with Gasteiger partial charge in [0.2, 0.25) is 0 Å². The highest BCUT2D eigenvalue weighted by Crippen LogP contribution is 2.69. The molecule has 36 heavy (non-hydrogen) atoms. The zero-order chi connectivity index (χ0) is 26.5. The van der Waals surface area contributed by atoms with Crippen LogP contribution in [0.25, 0.3) is 0 Å². The molecule has 4 rings (SSSR count). The van der Waals surface area contributed by atoms with E-state index in [1.54, 1.807) is 0 Å². The Bertz CT molecular complexity index is 824. The topological polar surface area (TPSA) is 72.8 Å². The van der Waals surface area contributed by atoms with Gasteiger partial charge in [0.25, 0.3) is 0 Å². The van der Waals surface area contributed by atoms with E-state index in [2.05, 4.69) is 34.6 Å². The van der Waals surface area contributed by atoms with Gasteiger partial charge >= 0.3 is 11.9 Å².